The molecule has 0 saturated heterocycles. The van der Waals surface area contributed by atoms with Gasteiger partial charge in [-0.3, -0.25) is 9.59 Å². The van der Waals surface area contributed by atoms with Crippen LogP contribution in [0.2, 0.25) is 5.02 Å². The monoisotopic (exact) mass is 391 g/mol. The number of rotatable bonds is 5. The first-order valence-corrected chi connectivity index (χ1v) is 9.54. The van der Waals surface area contributed by atoms with Crippen LogP contribution < -0.4 is 10.1 Å². The number of thiazole rings is 1. The Kier molecular flexibility index (Phi) is 5.80. The van der Waals surface area contributed by atoms with Gasteiger partial charge in [0, 0.05) is 16.6 Å². The zero-order valence-electron chi connectivity index (χ0n) is 13.0. The Hall–Kier alpha value is -2.22. The van der Waals surface area contributed by atoms with Crippen LogP contribution >= 0.6 is 34.3 Å². The van der Waals surface area contributed by atoms with E-state index in [9.17, 15) is 9.59 Å². The third-order valence-corrected chi connectivity index (χ3v) is 5.36. The highest BCUT2D eigenvalue weighted by atomic mass is 35.5. The summed E-state index contributed by atoms with van der Waals surface area (Å²) < 4.78 is 1.85. The summed E-state index contributed by atoms with van der Waals surface area (Å²) in [5.41, 5.74) is 0.947. The first kappa shape index (κ1) is 17.6. The van der Waals surface area contributed by atoms with E-state index in [-0.39, 0.29) is 12.5 Å². The number of nitrogens with zero attached hydrogens (tertiary/aromatic N) is 2. The third-order valence-electron chi connectivity index (χ3n) is 3.32. The summed E-state index contributed by atoms with van der Waals surface area (Å²) in [6, 6.07) is 11.0. The molecular weight excluding hydrogens is 378 g/mol. The summed E-state index contributed by atoms with van der Waals surface area (Å²) >= 11 is 8.86. The lowest BCUT2D eigenvalue weighted by Gasteiger charge is -2.05. The Labute approximate surface area is 157 Å². The van der Waals surface area contributed by atoms with Gasteiger partial charge in [0.2, 0.25) is 0 Å². The molecule has 0 aliphatic heterocycles. The number of thiophene rings is 1. The molecule has 2 heterocycles. The van der Waals surface area contributed by atoms with Gasteiger partial charge in [-0.1, -0.05) is 35.9 Å². The third kappa shape index (κ3) is 4.66. The van der Waals surface area contributed by atoms with Crippen molar-refractivity contribution in [1.29, 1.82) is 0 Å². The van der Waals surface area contributed by atoms with E-state index in [2.05, 4.69) is 10.3 Å². The largest absolute Gasteiger partial charge is 0.342 e. The van der Waals surface area contributed by atoms with Gasteiger partial charge in [-0.25, -0.2) is 0 Å². The molecule has 0 aliphatic carbocycles. The molecule has 25 heavy (non-hydrogen) atoms. The van der Waals surface area contributed by atoms with E-state index in [1.54, 1.807) is 12.1 Å². The number of nitrogens with one attached hydrogen (secondary N) is 1. The van der Waals surface area contributed by atoms with Gasteiger partial charge in [-0.2, -0.15) is 4.99 Å². The summed E-state index contributed by atoms with van der Waals surface area (Å²) in [6.45, 7) is 0.386. The number of carbonyl (C=O) groups is 2. The van der Waals surface area contributed by atoms with Crippen molar-refractivity contribution >= 4 is 46.1 Å². The highest BCUT2D eigenvalue weighted by Crippen LogP contribution is 2.15. The van der Waals surface area contributed by atoms with Crippen LogP contribution in [0.5, 0.6) is 0 Å². The van der Waals surface area contributed by atoms with Crippen molar-refractivity contribution < 1.29 is 9.59 Å². The second kappa shape index (κ2) is 8.24. The average molecular weight is 392 g/mol. The van der Waals surface area contributed by atoms with Crippen molar-refractivity contribution in [2.45, 2.75) is 6.54 Å². The second-order valence-corrected chi connectivity index (χ2v) is 7.30. The minimum Gasteiger partial charge on any atom is -0.342 e. The van der Waals surface area contributed by atoms with Crippen molar-refractivity contribution in [3.8, 4) is 0 Å². The summed E-state index contributed by atoms with van der Waals surface area (Å²) in [5.74, 6) is -0.672. The number of hydrogen-bond donors (Lipinski definition) is 1. The summed E-state index contributed by atoms with van der Waals surface area (Å²) in [4.78, 5) is 29.1. The molecule has 2 amide bonds. The fraction of sp³-hybridized carbons (Fsp3) is 0.118. The molecule has 5 nitrogen and oxygen atoms in total. The van der Waals surface area contributed by atoms with Crippen molar-refractivity contribution in [3.05, 3.63) is 73.6 Å². The highest BCUT2D eigenvalue weighted by molar-refractivity contribution is 7.12. The number of hydrogen-bond acceptors (Lipinski definition) is 4. The standard InChI is InChI=1S/C17H14ClN3O2S2/c18-13-5-2-1-4-12(13)11-21-7-9-25-17(21)20-15(22)10-19-16(23)14-6-3-8-24-14/h1-9H,10-11H2,(H,19,23). The zero-order valence-corrected chi connectivity index (χ0v) is 15.4. The molecule has 2 aromatic heterocycles. The summed E-state index contributed by atoms with van der Waals surface area (Å²) in [7, 11) is 0. The van der Waals surface area contributed by atoms with Crippen LogP contribution in [0.1, 0.15) is 15.2 Å². The molecule has 128 valence electrons. The molecule has 3 rings (SSSR count). The fourth-order valence-electron chi connectivity index (χ4n) is 2.11. The first-order valence-electron chi connectivity index (χ1n) is 7.40. The topological polar surface area (TPSA) is 63.5 Å². The van der Waals surface area contributed by atoms with Gasteiger partial charge >= 0.3 is 0 Å². The Bertz CT molecular complexity index is 945. The van der Waals surface area contributed by atoms with Crippen LogP contribution in [-0.4, -0.2) is 22.9 Å². The van der Waals surface area contributed by atoms with Gasteiger partial charge in [0.05, 0.1) is 18.0 Å². The lowest BCUT2D eigenvalue weighted by molar-refractivity contribution is -0.117. The molecular formula is C17H14ClN3O2S2. The van der Waals surface area contributed by atoms with Crippen LogP contribution in [0.25, 0.3) is 0 Å². The predicted octanol–water partition coefficient (Wildman–Crippen LogP) is 3.17. The quantitative estimate of drug-likeness (QED) is 0.726. The summed E-state index contributed by atoms with van der Waals surface area (Å²) in [6.07, 6.45) is 1.85. The van der Waals surface area contributed by atoms with Crippen molar-refractivity contribution in [3.63, 3.8) is 0 Å². The molecule has 0 spiro atoms. The second-order valence-electron chi connectivity index (χ2n) is 5.07. The van der Waals surface area contributed by atoms with Crippen LogP contribution in [0.4, 0.5) is 0 Å². The molecule has 1 aromatic carbocycles. The molecule has 0 radical (unpaired) electrons. The van der Waals surface area contributed by atoms with Gasteiger partial charge < -0.3 is 9.88 Å². The Balaban J connectivity index is 1.67. The molecule has 1 N–H and O–H groups in total. The van der Waals surface area contributed by atoms with E-state index in [0.717, 1.165) is 5.56 Å². The van der Waals surface area contributed by atoms with Gasteiger partial charge in [0.1, 0.15) is 0 Å². The molecule has 0 saturated carbocycles. The highest BCUT2D eigenvalue weighted by Gasteiger charge is 2.09. The van der Waals surface area contributed by atoms with Crippen LogP contribution in [0.3, 0.4) is 0 Å². The lowest BCUT2D eigenvalue weighted by atomic mass is 10.2. The maximum Gasteiger partial charge on any atom is 0.267 e. The molecule has 0 bridgehead atoms. The van der Waals surface area contributed by atoms with Crippen LogP contribution in [-0.2, 0) is 11.3 Å². The first-order chi connectivity index (χ1) is 12.1. The molecule has 0 atom stereocenters. The fourth-order valence-corrected chi connectivity index (χ4v) is 3.69. The van der Waals surface area contributed by atoms with Gasteiger partial charge in [-0.05, 0) is 23.1 Å². The van der Waals surface area contributed by atoms with E-state index in [4.69, 9.17) is 11.6 Å². The van der Waals surface area contributed by atoms with Gasteiger partial charge in [-0.15, -0.1) is 22.7 Å². The number of halogens is 1. The molecule has 0 fully saturated rings. The van der Waals surface area contributed by atoms with Crippen LogP contribution in [0.15, 0.2) is 58.3 Å². The van der Waals surface area contributed by atoms with E-state index in [0.29, 0.717) is 21.2 Å². The van der Waals surface area contributed by atoms with Gasteiger partial charge in [0.25, 0.3) is 11.8 Å². The Morgan fingerprint density at radius 3 is 2.72 bits per heavy atom. The van der Waals surface area contributed by atoms with E-state index < -0.39 is 5.91 Å². The average Bonchev–Trinajstić information content (AvgIpc) is 3.27. The number of carbonyl (C=O) groups excluding carboxylic acids is 2. The van der Waals surface area contributed by atoms with E-state index in [1.165, 1.54) is 22.7 Å². The molecule has 8 heteroatoms. The van der Waals surface area contributed by atoms with Crippen molar-refractivity contribution in [2.75, 3.05) is 6.54 Å². The molecule has 0 aliphatic rings. The maximum absolute atomic E-state index is 12.0. The normalized spacial score (nSPS) is 11.5. The number of aromatic nitrogens is 1. The molecule has 3 aromatic rings. The van der Waals surface area contributed by atoms with E-state index >= 15 is 0 Å². The molecule has 0 unspecified atom stereocenters. The minimum absolute atomic E-state index is 0.138. The summed E-state index contributed by atoms with van der Waals surface area (Å²) in [5, 5.41) is 6.91. The van der Waals surface area contributed by atoms with Gasteiger partial charge in [0.15, 0.2) is 4.80 Å². The Morgan fingerprint density at radius 2 is 1.96 bits per heavy atom. The number of benzene rings is 1. The van der Waals surface area contributed by atoms with E-state index in [1.807, 2.05) is 45.8 Å². The Morgan fingerprint density at radius 1 is 1.12 bits per heavy atom. The van der Waals surface area contributed by atoms with Crippen LogP contribution in [0, 0.1) is 0 Å². The van der Waals surface area contributed by atoms with Crippen molar-refractivity contribution in [1.82, 2.24) is 9.88 Å². The number of amides is 2. The van der Waals surface area contributed by atoms with Crippen molar-refractivity contribution in [2.24, 2.45) is 4.99 Å². The zero-order chi connectivity index (χ0) is 17.6. The smallest absolute Gasteiger partial charge is 0.267 e. The maximum atomic E-state index is 12.0. The SMILES string of the molecule is O=C(CNC(=O)c1cccs1)N=c1sccn1Cc1ccccc1Cl. The minimum atomic E-state index is -0.403. The predicted molar refractivity (Wildman–Crippen MR) is 100 cm³/mol. The lowest BCUT2D eigenvalue weighted by Crippen LogP contribution is -2.29.